The Labute approximate surface area is 171 Å². The molecule has 4 rings (SSSR count). The number of hydrogen-bond donors (Lipinski definition) is 0. The quantitative estimate of drug-likeness (QED) is 0.543. The van der Waals surface area contributed by atoms with Crippen molar-refractivity contribution in [2.45, 2.75) is 18.2 Å². The Hall–Kier alpha value is -2.72. The standard InChI is InChI=1S/C19H17N3O5S2/c1-12-5-7-14(8-6-12)21-16-10-29(26,27)11-17(16)28-19(21)20-18(23)13-3-2-4-15(9-13)22(24)25/h2-9,16-17H,10-11H2,1H3/t16-,17-/m1/s1. The Morgan fingerprint density at radius 2 is 1.93 bits per heavy atom. The summed E-state index contributed by atoms with van der Waals surface area (Å²) in [6.45, 7) is 1.95. The number of fused-ring (bicyclic) bond motifs is 1. The topological polar surface area (TPSA) is 110 Å². The van der Waals surface area contributed by atoms with Gasteiger partial charge in [-0.05, 0) is 25.1 Å². The molecular formula is C19H17N3O5S2. The molecule has 8 nitrogen and oxygen atoms in total. The summed E-state index contributed by atoms with van der Waals surface area (Å²) in [5.41, 5.74) is 1.75. The third-order valence-corrected chi connectivity index (χ3v) is 8.09. The number of carbonyl (C=O) groups excluding carboxylic acids is 1. The van der Waals surface area contributed by atoms with Crippen molar-refractivity contribution < 1.29 is 18.1 Å². The summed E-state index contributed by atoms with van der Waals surface area (Å²) in [5.74, 6) is -0.562. The number of nitro benzene ring substituents is 1. The van der Waals surface area contributed by atoms with Crippen LogP contribution < -0.4 is 4.90 Å². The van der Waals surface area contributed by atoms with Crippen LogP contribution in [0, 0.1) is 17.0 Å². The number of nitro groups is 1. The smallest absolute Gasteiger partial charge is 0.279 e. The van der Waals surface area contributed by atoms with Crippen molar-refractivity contribution in [3.05, 3.63) is 69.8 Å². The highest BCUT2D eigenvalue weighted by Gasteiger charge is 2.49. The van der Waals surface area contributed by atoms with Crippen LogP contribution in [0.25, 0.3) is 0 Å². The first-order chi connectivity index (χ1) is 13.7. The SMILES string of the molecule is Cc1ccc(N2C(=NC(=O)c3cccc([N+](=O)[O-])c3)S[C@@H]3CS(=O)(=O)C[C@H]32)cc1. The molecule has 29 heavy (non-hydrogen) atoms. The van der Waals surface area contributed by atoms with Crippen molar-refractivity contribution in [2.75, 3.05) is 16.4 Å². The first-order valence-corrected chi connectivity index (χ1v) is 11.5. The number of amidine groups is 1. The summed E-state index contributed by atoms with van der Waals surface area (Å²) in [6, 6.07) is 12.7. The van der Waals surface area contributed by atoms with E-state index < -0.39 is 20.7 Å². The highest BCUT2D eigenvalue weighted by atomic mass is 32.2. The van der Waals surface area contributed by atoms with Crippen molar-refractivity contribution in [1.82, 2.24) is 0 Å². The molecule has 2 aliphatic heterocycles. The van der Waals surface area contributed by atoms with Crippen LogP contribution in [0.5, 0.6) is 0 Å². The van der Waals surface area contributed by atoms with Crippen molar-refractivity contribution >= 4 is 44.0 Å². The molecule has 0 saturated carbocycles. The van der Waals surface area contributed by atoms with E-state index in [1.807, 2.05) is 31.2 Å². The maximum Gasteiger partial charge on any atom is 0.279 e. The molecule has 0 aromatic heterocycles. The number of thioether (sulfide) groups is 1. The Morgan fingerprint density at radius 1 is 1.21 bits per heavy atom. The van der Waals surface area contributed by atoms with Gasteiger partial charge in [0.15, 0.2) is 15.0 Å². The minimum absolute atomic E-state index is 0.00254. The van der Waals surface area contributed by atoms with Crippen molar-refractivity contribution in [3.63, 3.8) is 0 Å². The molecule has 0 N–H and O–H groups in total. The largest absolute Gasteiger partial charge is 0.316 e. The van der Waals surface area contributed by atoms with Crippen LogP contribution in [0.1, 0.15) is 15.9 Å². The summed E-state index contributed by atoms with van der Waals surface area (Å²) in [5, 5.41) is 11.2. The summed E-state index contributed by atoms with van der Waals surface area (Å²) >= 11 is 1.27. The first kappa shape index (κ1) is 19.6. The number of amides is 1. The van der Waals surface area contributed by atoms with Crippen LogP contribution in [0.15, 0.2) is 53.5 Å². The van der Waals surface area contributed by atoms with Crippen molar-refractivity contribution in [2.24, 2.45) is 4.99 Å². The van der Waals surface area contributed by atoms with Gasteiger partial charge in [0.2, 0.25) is 0 Å². The van der Waals surface area contributed by atoms with Gasteiger partial charge in [-0.3, -0.25) is 14.9 Å². The number of nitrogens with zero attached hydrogens (tertiary/aromatic N) is 3. The van der Waals surface area contributed by atoms with Crippen LogP contribution >= 0.6 is 11.8 Å². The summed E-state index contributed by atoms with van der Waals surface area (Å²) in [6.07, 6.45) is 0. The fraction of sp³-hybridized carbons (Fsp3) is 0.263. The Kier molecular flexibility index (Phi) is 4.91. The number of anilines is 1. The number of rotatable bonds is 3. The highest BCUT2D eigenvalue weighted by molar-refractivity contribution is 8.16. The van der Waals surface area contributed by atoms with Gasteiger partial charge in [0.25, 0.3) is 11.6 Å². The number of non-ortho nitro benzene ring substituents is 1. The molecule has 2 heterocycles. The number of hydrogen-bond acceptors (Lipinski definition) is 6. The summed E-state index contributed by atoms with van der Waals surface area (Å²) < 4.78 is 24.2. The predicted octanol–water partition coefficient (Wildman–Crippen LogP) is 2.82. The van der Waals surface area contributed by atoms with E-state index >= 15 is 0 Å². The van der Waals surface area contributed by atoms with Gasteiger partial charge in [-0.2, -0.15) is 4.99 Å². The Bertz CT molecular complexity index is 1130. The monoisotopic (exact) mass is 431 g/mol. The van der Waals surface area contributed by atoms with Gasteiger partial charge in [0, 0.05) is 28.6 Å². The molecule has 0 unspecified atom stereocenters. The lowest BCUT2D eigenvalue weighted by Gasteiger charge is -2.24. The molecule has 0 radical (unpaired) electrons. The molecular weight excluding hydrogens is 414 g/mol. The van der Waals surface area contributed by atoms with Gasteiger partial charge in [-0.25, -0.2) is 8.42 Å². The first-order valence-electron chi connectivity index (χ1n) is 8.84. The Balaban J connectivity index is 1.71. The van der Waals surface area contributed by atoms with Crippen LogP contribution in [0.4, 0.5) is 11.4 Å². The second-order valence-electron chi connectivity index (χ2n) is 7.01. The molecule has 2 atom stereocenters. The maximum absolute atomic E-state index is 12.7. The van der Waals surface area contributed by atoms with Gasteiger partial charge < -0.3 is 4.90 Å². The minimum atomic E-state index is -3.15. The normalized spacial score (nSPS) is 23.9. The zero-order valence-electron chi connectivity index (χ0n) is 15.4. The molecule has 0 aliphatic carbocycles. The molecule has 2 aliphatic rings. The molecule has 150 valence electrons. The van der Waals surface area contributed by atoms with Crippen molar-refractivity contribution in [1.29, 1.82) is 0 Å². The van der Waals surface area contributed by atoms with Gasteiger partial charge in [-0.15, -0.1) is 0 Å². The fourth-order valence-electron chi connectivity index (χ4n) is 3.48. The molecule has 10 heteroatoms. The summed E-state index contributed by atoms with van der Waals surface area (Å²) in [4.78, 5) is 29.1. The number of carbonyl (C=O) groups is 1. The lowest BCUT2D eigenvalue weighted by molar-refractivity contribution is -0.384. The number of benzene rings is 2. The average Bonchev–Trinajstić information content (AvgIpc) is 3.13. The van der Waals surface area contributed by atoms with E-state index in [4.69, 9.17) is 0 Å². The number of aliphatic imine (C=N–C) groups is 1. The van der Waals surface area contributed by atoms with E-state index in [1.165, 1.54) is 36.0 Å². The number of aryl methyl sites for hydroxylation is 1. The minimum Gasteiger partial charge on any atom is -0.316 e. The third-order valence-electron chi connectivity index (χ3n) is 4.88. The molecule has 2 saturated heterocycles. The zero-order valence-corrected chi connectivity index (χ0v) is 17.0. The average molecular weight is 431 g/mol. The molecule has 2 aromatic carbocycles. The van der Waals surface area contributed by atoms with E-state index in [0.29, 0.717) is 5.17 Å². The lowest BCUT2D eigenvalue weighted by atomic mass is 10.1. The van der Waals surface area contributed by atoms with Gasteiger partial charge in [-0.1, -0.05) is 35.5 Å². The van der Waals surface area contributed by atoms with Gasteiger partial charge in [0.1, 0.15) is 0 Å². The van der Waals surface area contributed by atoms with Crippen LogP contribution in [-0.4, -0.2) is 47.2 Å². The van der Waals surface area contributed by atoms with Crippen LogP contribution in [-0.2, 0) is 9.84 Å². The molecule has 2 fully saturated rings. The lowest BCUT2D eigenvalue weighted by Crippen LogP contribution is -2.37. The Morgan fingerprint density at radius 3 is 2.62 bits per heavy atom. The predicted molar refractivity (Wildman–Crippen MR) is 112 cm³/mol. The molecule has 2 aromatic rings. The molecule has 0 spiro atoms. The second kappa shape index (κ2) is 7.27. The van der Waals surface area contributed by atoms with E-state index in [2.05, 4.69) is 4.99 Å². The third kappa shape index (κ3) is 3.90. The zero-order chi connectivity index (χ0) is 20.8. The number of sulfone groups is 1. The van der Waals surface area contributed by atoms with E-state index in [9.17, 15) is 23.3 Å². The molecule has 1 amide bonds. The van der Waals surface area contributed by atoms with E-state index in [-0.39, 0.29) is 34.0 Å². The van der Waals surface area contributed by atoms with Crippen LogP contribution in [0.3, 0.4) is 0 Å². The van der Waals surface area contributed by atoms with Crippen molar-refractivity contribution in [3.8, 4) is 0 Å². The molecule has 0 bridgehead atoms. The highest BCUT2D eigenvalue weighted by Crippen LogP contribution is 2.41. The van der Waals surface area contributed by atoms with E-state index in [1.54, 1.807) is 4.90 Å². The fourth-order valence-corrected chi connectivity index (χ4v) is 7.39. The maximum atomic E-state index is 12.7. The summed E-state index contributed by atoms with van der Waals surface area (Å²) in [7, 11) is -3.15. The second-order valence-corrected chi connectivity index (χ2v) is 10.4. The van der Waals surface area contributed by atoms with E-state index in [0.717, 1.165) is 11.3 Å². The van der Waals surface area contributed by atoms with Gasteiger partial charge >= 0.3 is 0 Å². The van der Waals surface area contributed by atoms with Crippen LogP contribution in [0.2, 0.25) is 0 Å². The van der Waals surface area contributed by atoms with Gasteiger partial charge in [0.05, 0.1) is 22.5 Å².